The molecule has 3 rings (SSSR count). The molecule has 2 saturated heterocycles. The van der Waals surface area contributed by atoms with Crippen molar-refractivity contribution in [3.8, 4) is 0 Å². The lowest BCUT2D eigenvalue weighted by Crippen LogP contribution is -2.48. The maximum absolute atomic E-state index is 12.1. The molecule has 2 aliphatic rings. The largest absolute Gasteiger partial charge is 0.367 e. The number of hydrogen-bond donors (Lipinski definition) is 0. The minimum Gasteiger partial charge on any atom is -0.367 e. The summed E-state index contributed by atoms with van der Waals surface area (Å²) in [5.74, 6) is 1.29. The van der Waals surface area contributed by atoms with Crippen LogP contribution in [-0.2, 0) is 4.79 Å². The van der Waals surface area contributed by atoms with E-state index in [1.807, 2.05) is 11.1 Å². The van der Waals surface area contributed by atoms with Crippen LogP contribution in [0.4, 0.5) is 11.5 Å². The molecule has 6 heteroatoms. The van der Waals surface area contributed by atoms with Crippen molar-refractivity contribution in [3.05, 3.63) is 12.3 Å². The molecule has 1 amide bonds. The number of amides is 1. The van der Waals surface area contributed by atoms with Crippen molar-refractivity contribution in [3.63, 3.8) is 0 Å². The van der Waals surface area contributed by atoms with Gasteiger partial charge in [-0.15, -0.1) is 5.10 Å². The van der Waals surface area contributed by atoms with E-state index in [0.717, 1.165) is 63.6 Å². The molecule has 3 heterocycles. The fourth-order valence-corrected chi connectivity index (χ4v) is 3.32. The van der Waals surface area contributed by atoms with Crippen LogP contribution < -0.4 is 9.80 Å². The predicted octanol–water partition coefficient (Wildman–Crippen LogP) is 1.92. The highest BCUT2D eigenvalue weighted by Crippen LogP contribution is 2.23. The van der Waals surface area contributed by atoms with E-state index < -0.39 is 0 Å². The molecule has 0 spiro atoms. The molecule has 0 aliphatic carbocycles. The van der Waals surface area contributed by atoms with Crippen LogP contribution in [0.2, 0.25) is 0 Å². The molecular formula is C17H27N5O. The normalized spacial score (nSPS) is 18.6. The first-order chi connectivity index (χ1) is 11.3. The number of anilines is 2. The van der Waals surface area contributed by atoms with Gasteiger partial charge < -0.3 is 14.7 Å². The summed E-state index contributed by atoms with van der Waals surface area (Å²) in [5, 5.41) is 8.46. The van der Waals surface area contributed by atoms with Crippen LogP contribution in [-0.4, -0.2) is 60.3 Å². The summed E-state index contributed by atoms with van der Waals surface area (Å²) >= 11 is 0. The Hall–Kier alpha value is -1.85. The van der Waals surface area contributed by atoms with Crippen molar-refractivity contribution in [2.75, 3.05) is 49.1 Å². The Labute approximate surface area is 138 Å². The topological polar surface area (TPSA) is 52.6 Å². The van der Waals surface area contributed by atoms with Gasteiger partial charge in [0.1, 0.15) is 0 Å². The summed E-state index contributed by atoms with van der Waals surface area (Å²) in [6.07, 6.45) is 7.08. The van der Waals surface area contributed by atoms with Gasteiger partial charge in [-0.05, 0) is 19.3 Å². The van der Waals surface area contributed by atoms with Crippen LogP contribution in [0.15, 0.2) is 12.3 Å². The summed E-state index contributed by atoms with van der Waals surface area (Å²) in [5.41, 5.74) is 1.13. The molecule has 1 aromatic rings. The van der Waals surface area contributed by atoms with Crippen molar-refractivity contribution in [1.82, 2.24) is 15.1 Å². The smallest absolute Gasteiger partial charge is 0.222 e. The Morgan fingerprint density at radius 1 is 1.09 bits per heavy atom. The van der Waals surface area contributed by atoms with Crippen molar-refractivity contribution in [2.45, 2.75) is 39.0 Å². The Morgan fingerprint density at radius 2 is 1.83 bits per heavy atom. The molecule has 0 radical (unpaired) electrons. The Morgan fingerprint density at radius 3 is 2.52 bits per heavy atom. The number of rotatable bonds is 5. The number of carbonyl (C=O) groups is 1. The lowest BCUT2D eigenvalue weighted by Gasteiger charge is -2.36. The third-order valence-electron chi connectivity index (χ3n) is 4.80. The monoisotopic (exact) mass is 317 g/mol. The van der Waals surface area contributed by atoms with Crippen LogP contribution in [0.5, 0.6) is 0 Å². The lowest BCUT2D eigenvalue weighted by atomic mass is 10.2. The zero-order valence-corrected chi connectivity index (χ0v) is 14.1. The molecule has 0 bridgehead atoms. The number of piperazine rings is 1. The fraction of sp³-hybridized carbons (Fsp3) is 0.706. The molecule has 1 aromatic heterocycles. The second kappa shape index (κ2) is 7.62. The Bertz CT molecular complexity index is 521. The first-order valence-electron chi connectivity index (χ1n) is 8.88. The maximum Gasteiger partial charge on any atom is 0.222 e. The van der Waals surface area contributed by atoms with E-state index in [4.69, 9.17) is 0 Å². The summed E-state index contributed by atoms with van der Waals surface area (Å²) in [7, 11) is 0. The van der Waals surface area contributed by atoms with Crippen molar-refractivity contribution < 1.29 is 4.79 Å². The van der Waals surface area contributed by atoms with Crippen molar-refractivity contribution in [1.29, 1.82) is 0 Å². The van der Waals surface area contributed by atoms with E-state index in [9.17, 15) is 4.79 Å². The zero-order valence-electron chi connectivity index (χ0n) is 14.1. The highest BCUT2D eigenvalue weighted by Gasteiger charge is 2.22. The number of carbonyl (C=O) groups excluding carboxylic acids is 1. The van der Waals surface area contributed by atoms with Gasteiger partial charge in [-0.25, -0.2) is 0 Å². The summed E-state index contributed by atoms with van der Waals surface area (Å²) in [6.45, 7) is 7.66. The third kappa shape index (κ3) is 3.92. The molecule has 0 atom stereocenters. The lowest BCUT2D eigenvalue weighted by molar-refractivity contribution is -0.131. The Balaban J connectivity index is 1.57. The predicted molar refractivity (Wildman–Crippen MR) is 91.8 cm³/mol. The third-order valence-corrected chi connectivity index (χ3v) is 4.80. The van der Waals surface area contributed by atoms with E-state index in [1.165, 1.54) is 12.8 Å². The number of nitrogens with zero attached hydrogens (tertiary/aromatic N) is 5. The molecular weight excluding hydrogens is 290 g/mol. The van der Waals surface area contributed by atoms with Crippen LogP contribution in [0.1, 0.15) is 39.0 Å². The number of hydrogen-bond acceptors (Lipinski definition) is 5. The standard InChI is InChI=1S/C17H27N5O/c1-2-3-6-17(23)22-11-9-20(10-12-22)15-13-16(19-18-14-15)21-7-4-5-8-21/h13-14H,2-12H2,1H3. The van der Waals surface area contributed by atoms with Gasteiger partial charge in [-0.1, -0.05) is 13.3 Å². The Kier molecular flexibility index (Phi) is 5.31. The van der Waals surface area contributed by atoms with E-state index in [0.29, 0.717) is 12.3 Å². The highest BCUT2D eigenvalue weighted by molar-refractivity contribution is 5.76. The summed E-state index contributed by atoms with van der Waals surface area (Å²) in [6, 6.07) is 2.15. The van der Waals surface area contributed by atoms with Crippen LogP contribution in [0, 0.1) is 0 Å². The van der Waals surface area contributed by atoms with Gasteiger partial charge >= 0.3 is 0 Å². The fourth-order valence-electron chi connectivity index (χ4n) is 3.32. The molecule has 6 nitrogen and oxygen atoms in total. The molecule has 2 fully saturated rings. The van der Waals surface area contributed by atoms with E-state index in [-0.39, 0.29) is 0 Å². The maximum atomic E-state index is 12.1. The van der Waals surface area contributed by atoms with E-state index in [2.05, 4.69) is 33.0 Å². The average molecular weight is 317 g/mol. The zero-order chi connectivity index (χ0) is 16.1. The van der Waals surface area contributed by atoms with Gasteiger partial charge in [-0.3, -0.25) is 4.79 Å². The highest BCUT2D eigenvalue weighted by atomic mass is 16.2. The molecule has 0 N–H and O–H groups in total. The molecule has 0 unspecified atom stereocenters. The summed E-state index contributed by atoms with van der Waals surface area (Å²) in [4.78, 5) is 18.7. The number of unbranched alkanes of at least 4 members (excludes halogenated alkanes) is 1. The van der Waals surface area contributed by atoms with Gasteiger partial charge in [-0.2, -0.15) is 5.10 Å². The van der Waals surface area contributed by atoms with Gasteiger partial charge in [0.15, 0.2) is 5.82 Å². The van der Waals surface area contributed by atoms with Gasteiger partial charge in [0.25, 0.3) is 0 Å². The number of aromatic nitrogens is 2. The molecule has 126 valence electrons. The minimum atomic E-state index is 0.303. The van der Waals surface area contributed by atoms with Crippen molar-refractivity contribution >= 4 is 17.4 Å². The average Bonchev–Trinajstić information content (AvgIpc) is 3.14. The van der Waals surface area contributed by atoms with Gasteiger partial charge in [0.2, 0.25) is 5.91 Å². The second-order valence-corrected chi connectivity index (χ2v) is 6.44. The first kappa shape index (κ1) is 16.0. The van der Waals surface area contributed by atoms with Crippen LogP contribution in [0.3, 0.4) is 0 Å². The van der Waals surface area contributed by atoms with Crippen LogP contribution in [0.25, 0.3) is 0 Å². The summed E-state index contributed by atoms with van der Waals surface area (Å²) < 4.78 is 0. The van der Waals surface area contributed by atoms with E-state index >= 15 is 0 Å². The molecule has 0 saturated carbocycles. The first-order valence-corrected chi connectivity index (χ1v) is 8.88. The van der Waals surface area contributed by atoms with Gasteiger partial charge in [0.05, 0.1) is 11.9 Å². The minimum absolute atomic E-state index is 0.303. The SMILES string of the molecule is CCCCC(=O)N1CCN(c2cnnc(N3CCCC3)c2)CC1. The van der Waals surface area contributed by atoms with Crippen LogP contribution >= 0.6 is 0 Å². The quantitative estimate of drug-likeness (QED) is 0.830. The van der Waals surface area contributed by atoms with Crippen molar-refractivity contribution in [2.24, 2.45) is 0 Å². The molecule has 2 aliphatic heterocycles. The van der Waals surface area contributed by atoms with Gasteiger partial charge in [0, 0.05) is 51.8 Å². The van der Waals surface area contributed by atoms with E-state index in [1.54, 1.807) is 0 Å². The molecule has 23 heavy (non-hydrogen) atoms. The second-order valence-electron chi connectivity index (χ2n) is 6.44. The molecule has 0 aromatic carbocycles.